The molecule has 0 saturated carbocycles. The third-order valence-corrected chi connectivity index (χ3v) is 6.47. The first-order valence-corrected chi connectivity index (χ1v) is 12.1. The number of rotatable bonds is 11. The van der Waals surface area contributed by atoms with E-state index in [1.165, 1.54) is 4.90 Å². The van der Waals surface area contributed by atoms with Gasteiger partial charge in [0.1, 0.15) is 18.1 Å². The molecule has 1 aliphatic rings. The van der Waals surface area contributed by atoms with Crippen molar-refractivity contribution in [1.29, 1.82) is 0 Å². The minimum absolute atomic E-state index is 0.0944. The average molecular weight is 519 g/mol. The average Bonchev–Trinajstić information content (AvgIpc) is 3.48. The quantitative estimate of drug-likeness (QED) is 0.183. The monoisotopic (exact) mass is 518 g/mol. The van der Waals surface area contributed by atoms with E-state index < -0.39 is 60.2 Å². The van der Waals surface area contributed by atoms with Crippen LogP contribution in [0.25, 0.3) is 10.9 Å². The van der Waals surface area contributed by atoms with E-state index in [1.54, 1.807) is 6.20 Å². The maximum Gasteiger partial charge on any atom is 0.327 e. The number of amides is 4. The molecule has 13 heteroatoms. The molecule has 36 heavy (non-hydrogen) atoms. The predicted molar refractivity (Wildman–Crippen MR) is 134 cm³/mol. The highest BCUT2D eigenvalue weighted by molar-refractivity contribution is 7.80. The van der Waals surface area contributed by atoms with Crippen molar-refractivity contribution in [2.75, 3.05) is 12.3 Å². The second-order valence-corrected chi connectivity index (χ2v) is 9.04. The largest absolute Gasteiger partial charge is 0.480 e. The number of carboxylic acid groups (broad SMARTS) is 1. The Kier molecular flexibility index (Phi) is 8.93. The van der Waals surface area contributed by atoms with Gasteiger partial charge in [-0.25, -0.2) is 4.79 Å². The Hall–Kier alpha value is -3.58. The van der Waals surface area contributed by atoms with Crippen LogP contribution in [0, 0.1) is 0 Å². The number of carbonyl (C=O) groups is 5. The molecule has 0 spiro atoms. The summed E-state index contributed by atoms with van der Waals surface area (Å²) in [4.78, 5) is 66.2. The number of primary amides is 1. The van der Waals surface area contributed by atoms with Crippen molar-refractivity contribution in [3.8, 4) is 0 Å². The molecule has 1 saturated heterocycles. The number of thiol groups is 1. The summed E-state index contributed by atoms with van der Waals surface area (Å²) in [6.45, 7) is 0.253. The van der Waals surface area contributed by atoms with Crippen molar-refractivity contribution in [2.24, 2.45) is 11.5 Å². The summed E-state index contributed by atoms with van der Waals surface area (Å²) < 4.78 is 0. The molecule has 0 radical (unpaired) electrons. The highest BCUT2D eigenvalue weighted by atomic mass is 32.1. The number of aromatic nitrogens is 1. The maximum atomic E-state index is 13.6. The maximum absolute atomic E-state index is 13.6. The van der Waals surface area contributed by atoms with Crippen LogP contribution in [0.1, 0.15) is 24.8 Å². The lowest BCUT2D eigenvalue weighted by Crippen LogP contribution is -2.57. The van der Waals surface area contributed by atoms with E-state index in [-0.39, 0.29) is 18.7 Å². The number of nitrogens with zero attached hydrogens (tertiary/aromatic N) is 1. The zero-order chi connectivity index (χ0) is 26.4. The van der Waals surface area contributed by atoms with Gasteiger partial charge >= 0.3 is 5.97 Å². The second kappa shape index (κ2) is 11.9. The van der Waals surface area contributed by atoms with Crippen LogP contribution >= 0.6 is 12.6 Å². The van der Waals surface area contributed by atoms with Crippen molar-refractivity contribution in [3.05, 3.63) is 36.0 Å². The molecule has 1 aromatic heterocycles. The normalized spacial score (nSPS) is 17.8. The van der Waals surface area contributed by atoms with E-state index >= 15 is 0 Å². The predicted octanol–water partition coefficient (Wildman–Crippen LogP) is -1.11. The van der Waals surface area contributed by atoms with Crippen molar-refractivity contribution >= 4 is 53.1 Å². The van der Waals surface area contributed by atoms with Gasteiger partial charge in [0.05, 0.1) is 12.5 Å². The van der Waals surface area contributed by atoms with Gasteiger partial charge in [-0.05, 0) is 24.5 Å². The minimum atomic E-state index is -1.25. The van der Waals surface area contributed by atoms with Crippen LogP contribution in [0.3, 0.4) is 0 Å². The van der Waals surface area contributed by atoms with Gasteiger partial charge < -0.3 is 37.1 Å². The fourth-order valence-electron chi connectivity index (χ4n) is 4.27. The van der Waals surface area contributed by atoms with Gasteiger partial charge in [0.25, 0.3) is 0 Å². The lowest BCUT2D eigenvalue weighted by Gasteiger charge is -2.30. The number of benzene rings is 1. The van der Waals surface area contributed by atoms with Gasteiger partial charge in [-0.3, -0.25) is 19.2 Å². The van der Waals surface area contributed by atoms with Crippen LogP contribution in [-0.2, 0) is 30.4 Å². The highest BCUT2D eigenvalue weighted by Crippen LogP contribution is 2.23. The first kappa shape index (κ1) is 27.0. The molecule has 3 rings (SSSR count). The number of nitrogens with two attached hydrogens (primary N) is 2. The molecule has 4 atom stereocenters. The lowest BCUT2D eigenvalue weighted by atomic mass is 10.0. The van der Waals surface area contributed by atoms with Gasteiger partial charge in [0.15, 0.2) is 0 Å². The van der Waals surface area contributed by atoms with Crippen LogP contribution in [-0.4, -0.2) is 81.1 Å². The third kappa shape index (κ3) is 6.34. The second-order valence-electron chi connectivity index (χ2n) is 8.67. The first-order valence-electron chi connectivity index (χ1n) is 11.5. The zero-order valence-electron chi connectivity index (χ0n) is 19.5. The molecule has 4 unspecified atom stereocenters. The molecule has 8 N–H and O–H groups in total. The molecule has 1 aromatic carbocycles. The van der Waals surface area contributed by atoms with E-state index in [2.05, 4.69) is 28.2 Å². The van der Waals surface area contributed by atoms with E-state index in [4.69, 9.17) is 11.5 Å². The van der Waals surface area contributed by atoms with Crippen LogP contribution in [0.4, 0.5) is 0 Å². The van der Waals surface area contributed by atoms with E-state index in [1.807, 2.05) is 24.3 Å². The van der Waals surface area contributed by atoms with Crippen molar-refractivity contribution in [2.45, 2.75) is 49.9 Å². The Labute approximate surface area is 212 Å². The summed E-state index contributed by atoms with van der Waals surface area (Å²) in [6, 6.07) is 3.01. The number of hydrogen-bond acceptors (Lipinski definition) is 7. The van der Waals surface area contributed by atoms with Crippen molar-refractivity contribution in [3.63, 3.8) is 0 Å². The SMILES string of the molecule is NC(=O)CC(N)C(=O)NC(Cc1c[nH]c2ccccc12)C(=O)N1CCCC1C(=O)NC(CS)C(=O)O. The molecule has 4 amide bonds. The van der Waals surface area contributed by atoms with Crippen LogP contribution < -0.4 is 22.1 Å². The fraction of sp³-hybridized carbons (Fsp3) is 0.435. The molecular formula is C23H30N6O6S. The van der Waals surface area contributed by atoms with Gasteiger partial charge in [0.2, 0.25) is 23.6 Å². The standard InChI is InChI=1S/C23H30N6O6S/c24-14(9-19(25)30)20(31)27-16(8-12-10-26-15-5-2-1-4-13(12)15)22(33)29-7-3-6-18(29)21(32)28-17(11-36)23(34)35/h1-2,4-5,10,14,16-18,26,36H,3,6-9,11,24H2,(H2,25,30)(H,27,31)(H,28,32)(H,34,35). The summed E-state index contributed by atoms with van der Waals surface area (Å²) in [5, 5.41) is 15.1. The summed E-state index contributed by atoms with van der Waals surface area (Å²) >= 11 is 3.96. The summed E-state index contributed by atoms with van der Waals surface area (Å²) in [7, 11) is 0. The molecule has 194 valence electrons. The molecule has 1 fully saturated rings. The third-order valence-electron chi connectivity index (χ3n) is 6.11. The van der Waals surface area contributed by atoms with Gasteiger partial charge in [-0.2, -0.15) is 12.6 Å². The van der Waals surface area contributed by atoms with Crippen molar-refractivity contribution < 1.29 is 29.1 Å². The first-order chi connectivity index (χ1) is 17.1. The van der Waals surface area contributed by atoms with Crippen molar-refractivity contribution in [1.82, 2.24) is 20.5 Å². The van der Waals surface area contributed by atoms with E-state index in [0.29, 0.717) is 12.8 Å². The molecule has 0 aliphatic carbocycles. The fourth-order valence-corrected chi connectivity index (χ4v) is 4.51. The molecule has 2 aromatic rings. The Bertz CT molecular complexity index is 1150. The molecule has 1 aliphatic heterocycles. The smallest absolute Gasteiger partial charge is 0.327 e. The Balaban J connectivity index is 1.84. The zero-order valence-corrected chi connectivity index (χ0v) is 20.4. The number of para-hydroxylation sites is 1. The van der Waals surface area contributed by atoms with Gasteiger partial charge in [0, 0.05) is 35.8 Å². The molecule has 2 heterocycles. The van der Waals surface area contributed by atoms with E-state index in [0.717, 1.165) is 16.5 Å². The number of aromatic amines is 1. The number of likely N-dealkylation sites (tertiary alicyclic amines) is 1. The highest BCUT2D eigenvalue weighted by Gasteiger charge is 2.39. The summed E-state index contributed by atoms with van der Waals surface area (Å²) in [6.07, 6.45) is 2.30. The molecule has 12 nitrogen and oxygen atoms in total. The number of fused-ring (bicyclic) bond motifs is 1. The summed E-state index contributed by atoms with van der Waals surface area (Å²) in [5.74, 6) is -3.96. The lowest BCUT2D eigenvalue weighted by molar-refractivity contribution is -0.144. The molecular weight excluding hydrogens is 488 g/mol. The van der Waals surface area contributed by atoms with E-state index in [9.17, 15) is 29.1 Å². The number of hydrogen-bond donors (Lipinski definition) is 7. The van der Waals surface area contributed by atoms with Crippen LogP contribution in [0.5, 0.6) is 0 Å². The minimum Gasteiger partial charge on any atom is -0.480 e. The number of carboxylic acids is 1. The number of aliphatic carboxylic acids is 1. The van der Waals surface area contributed by atoms with Gasteiger partial charge in [-0.15, -0.1) is 0 Å². The van der Waals surface area contributed by atoms with Crippen LogP contribution in [0.2, 0.25) is 0 Å². The Morgan fingerprint density at radius 2 is 1.89 bits per heavy atom. The number of carbonyl (C=O) groups excluding carboxylic acids is 4. The van der Waals surface area contributed by atoms with Crippen LogP contribution in [0.15, 0.2) is 30.5 Å². The molecule has 0 bridgehead atoms. The van der Waals surface area contributed by atoms with Gasteiger partial charge in [-0.1, -0.05) is 18.2 Å². The number of H-pyrrole nitrogens is 1. The Morgan fingerprint density at radius 3 is 2.56 bits per heavy atom. The summed E-state index contributed by atoms with van der Waals surface area (Å²) in [5.41, 5.74) is 12.5. The number of nitrogens with one attached hydrogen (secondary N) is 3. The topological polar surface area (TPSA) is 201 Å². The Morgan fingerprint density at radius 1 is 1.17 bits per heavy atom.